The first-order valence-corrected chi connectivity index (χ1v) is 14.9. The fourth-order valence-electron chi connectivity index (χ4n) is 4.51. The van der Waals surface area contributed by atoms with Crippen LogP contribution in [-0.4, -0.2) is 45.5 Å². The number of sulfonamides is 1. The van der Waals surface area contributed by atoms with Crippen molar-refractivity contribution in [1.82, 2.24) is 0 Å². The number of ether oxygens (including phenoxy) is 2. The van der Waals surface area contributed by atoms with Crippen LogP contribution in [-0.2, 0) is 32.4 Å². The van der Waals surface area contributed by atoms with E-state index >= 15 is 0 Å². The molecule has 0 spiro atoms. The van der Waals surface area contributed by atoms with Gasteiger partial charge in [-0.2, -0.15) is 0 Å². The fourth-order valence-corrected chi connectivity index (χ4v) is 7.24. The molecule has 0 atom stereocenters. The summed E-state index contributed by atoms with van der Waals surface area (Å²) >= 11 is 1.29. The summed E-state index contributed by atoms with van der Waals surface area (Å²) < 4.78 is 38.9. The van der Waals surface area contributed by atoms with Gasteiger partial charge in [0.25, 0.3) is 15.7 Å². The lowest BCUT2D eigenvalue weighted by Gasteiger charge is -2.24. The Hall–Kier alpha value is -3.97. The van der Waals surface area contributed by atoms with Crippen molar-refractivity contribution in [3.8, 4) is 5.75 Å². The van der Waals surface area contributed by atoms with Crippen LogP contribution in [0.25, 0.3) is 0 Å². The van der Waals surface area contributed by atoms with Crippen molar-refractivity contribution < 1.29 is 32.4 Å². The first-order valence-electron chi connectivity index (χ1n) is 12.6. The number of aryl methyl sites for hydroxylation is 2. The lowest BCUT2D eigenvalue weighted by molar-refractivity contribution is -0.385. The van der Waals surface area contributed by atoms with Crippen molar-refractivity contribution in [2.24, 2.45) is 0 Å². The number of rotatable bonds is 10. The molecular formula is C27H29N3O8S2. The Bertz CT molecular complexity index is 1550. The van der Waals surface area contributed by atoms with Crippen molar-refractivity contribution in [2.75, 3.05) is 29.9 Å². The van der Waals surface area contributed by atoms with E-state index in [0.29, 0.717) is 28.3 Å². The minimum absolute atomic E-state index is 0.148. The van der Waals surface area contributed by atoms with Crippen LogP contribution in [0.5, 0.6) is 5.75 Å². The summed E-state index contributed by atoms with van der Waals surface area (Å²) in [6.45, 7) is 2.72. The number of fused-ring (bicyclic) bond motifs is 1. The SMILES string of the molecule is CCOC(=O)c1c(NC(=O)CN(c2ccc(OC)cc2)S(=O)(=O)c2ccc(C)c([N+](=O)[O-])c2)sc2c1CCCC2. The number of nitro benzene ring substituents is 1. The Labute approximate surface area is 235 Å². The van der Waals surface area contributed by atoms with E-state index < -0.39 is 33.4 Å². The third-order valence-corrected chi connectivity index (χ3v) is 9.49. The molecule has 2 aromatic carbocycles. The smallest absolute Gasteiger partial charge is 0.341 e. The van der Waals surface area contributed by atoms with Crippen LogP contribution in [0.2, 0.25) is 0 Å². The molecule has 13 heteroatoms. The standard InChI is InChI=1S/C27H29N3O8S2/c1-4-38-27(32)25-21-7-5-6-8-23(21)39-26(25)28-24(31)16-29(18-10-12-19(37-3)13-11-18)40(35,36)20-14-9-17(2)22(15-20)30(33)34/h9-15H,4-8,16H2,1-3H3,(H,28,31). The third kappa shape index (κ3) is 5.94. The molecule has 1 heterocycles. The maximum absolute atomic E-state index is 13.8. The van der Waals surface area contributed by atoms with Crippen LogP contribution in [0.1, 0.15) is 46.1 Å². The molecule has 1 aliphatic rings. The molecular weight excluding hydrogens is 558 g/mol. The molecule has 1 aromatic heterocycles. The Morgan fingerprint density at radius 2 is 1.82 bits per heavy atom. The Morgan fingerprint density at radius 3 is 2.48 bits per heavy atom. The monoisotopic (exact) mass is 587 g/mol. The average molecular weight is 588 g/mol. The van der Waals surface area contributed by atoms with E-state index in [0.717, 1.165) is 40.1 Å². The number of carbonyl (C=O) groups is 2. The molecule has 40 heavy (non-hydrogen) atoms. The summed E-state index contributed by atoms with van der Waals surface area (Å²) in [5, 5.41) is 14.5. The van der Waals surface area contributed by atoms with Crippen LogP contribution < -0.4 is 14.4 Å². The van der Waals surface area contributed by atoms with E-state index in [-0.39, 0.29) is 22.9 Å². The zero-order chi connectivity index (χ0) is 29.0. The number of hydrogen-bond donors (Lipinski definition) is 1. The number of nitrogens with one attached hydrogen (secondary N) is 1. The van der Waals surface area contributed by atoms with E-state index in [4.69, 9.17) is 9.47 Å². The lowest BCUT2D eigenvalue weighted by atomic mass is 9.95. The number of anilines is 2. The number of thiophene rings is 1. The summed E-state index contributed by atoms with van der Waals surface area (Å²) in [6.07, 6.45) is 3.35. The Morgan fingerprint density at radius 1 is 1.12 bits per heavy atom. The van der Waals surface area contributed by atoms with E-state index in [2.05, 4.69) is 5.32 Å². The Kier molecular flexibility index (Phi) is 8.74. The molecule has 0 radical (unpaired) electrons. The molecule has 0 saturated carbocycles. The van der Waals surface area contributed by atoms with Crippen molar-refractivity contribution in [3.63, 3.8) is 0 Å². The van der Waals surface area contributed by atoms with E-state index in [1.807, 2.05) is 0 Å². The summed E-state index contributed by atoms with van der Waals surface area (Å²) in [7, 11) is -2.97. The van der Waals surface area contributed by atoms with Gasteiger partial charge in [0.05, 0.1) is 34.8 Å². The van der Waals surface area contributed by atoms with Crippen LogP contribution in [0.15, 0.2) is 47.4 Å². The number of carbonyl (C=O) groups excluding carboxylic acids is 2. The quantitative estimate of drug-likeness (QED) is 0.201. The number of methoxy groups -OCH3 is 1. The molecule has 212 valence electrons. The highest BCUT2D eigenvalue weighted by atomic mass is 32.2. The summed E-state index contributed by atoms with van der Waals surface area (Å²) in [5.41, 5.74) is 1.25. The molecule has 0 saturated heterocycles. The average Bonchev–Trinajstić information content (AvgIpc) is 3.29. The second kappa shape index (κ2) is 12.0. The first kappa shape index (κ1) is 29.0. The van der Waals surface area contributed by atoms with E-state index in [1.54, 1.807) is 19.1 Å². The Balaban J connectivity index is 1.71. The maximum atomic E-state index is 13.8. The van der Waals surface area contributed by atoms with Crippen molar-refractivity contribution in [2.45, 2.75) is 44.4 Å². The minimum Gasteiger partial charge on any atom is -0.497 e. The van der Waals surface area contributed by atoms with Crippen molar-refractivity contribution >= 4 is 49.6 Å². The van der Waals surface area contributed by atoms with Gasteiger partial charge in [0.15, 0.2) is 0 Å². The van der Waals surface area contributed by atoms with Gasteiger partial charge in [0, 0.05) is 16.5 Å². The normalized spacial score (nSPS) is 12.8. The zero-order valence-electron chi connectivity index (χ0n) is 22.3. The van der Waals surface area contributed by atoms with Gasteiger partial charge in [-0.3, -0.25) is 19.2 Å². The molecule has 3 aromatic rings. The van der Waals surface area contributed by atoms with Gasteiger partial charge >= 0.3 is 5.97 Å². The van der Waals surface area contributed by atoms with Crippen LogP contribution in [0, 0.1) is 17.0 Å². The van der Waals surface area contributed by atoms with Gasteiger partial charge < -0.3 is 14.8 Å². The second-order valence-electron chi connectivity index (χ2n) is 9.10. The molecule has 0 bridgehead atoms. The first-order chi connectivity index (χ1) is 19.1. The molecule has 11 nitrogen and oxygen atoms in total. The predicted octanol–water partition coefficient (Wildman–Crippen LogP) is 4.86. The highest BCUT2D eigenvalue weighted by molar-refractivity contribution is 7.92. The van der Waals surface area contributed by atoms with Gasteiger partial charge in [-0.15, -0.1) is 11.3 Å². The topological polar surface area (TPSA) is 145 Å². The number of esters is 1. The number of benzene rings is 2. The number of amides is 1. The van der Waals surface area contributed by atoms with Gasteiger partial charge in [0.2, 0.25) is 5.91 Å². The summed E-state index contributed by atoms with van der Waals surface area (Å²) in [5.74, 6) is -0.756. The van der Waals surface area contributed by atoms with Crippen molar-refractivity contribution in [1.29, 1.82) is 0 Å². The number of nitrogens with zero attached hydrogens (tertiary/aromatic N) is 2. The molecule has 0 aliphatic heterocycles. The second-order valence-corrected chi connectivity index (χ2v) is 12.1. The summed E-state index contributed by atoms with van der Waals surface area (Å²) in [4.78, 5) is 37.7. The number of hydrogen-bond acceptors (Lipinski definition) is 9. The van der Waals surface area contributed by atoms with Crippen molar-refractivity contribution in [3.05, 3.63) is 74.1 Å². The lowest BCUT2D eigenvalue weighted by Crippen LogP contribution is -2.38. The maximum Gasteiger partial charge on any atom is 0.341 e. The zero-order valence-corrected chi connectivity index (χ0v) is 23.9. The number of nitro groups is 1. The minimum atomic E-state index is -4.43. The van der Waals surface area contributed by atoms with Crippen LogP contribution in [0.3, 0.4) is 0 Å². The molecule has 1 N–H and O–H groups in total. The van der Waals surface area contributed by atoms with Gasteiger partial charge in [0.1, 0.15) is 17.3 Å². The predicted molar refractivity (Wildman–Crippen MR) is 151 cm³/mol. The van der Waals surface area contributed by atoms with Crippen LogP contribution in [0.4, 0.5) is 16.4 Å². The summed E-state index contributed by atoms with van der Waals surface area (Å²) in [6, 6.07) is 9.61. The highest BCUT2D eigenvalue weighted by Gasteiger charge is 2.31. The molecule has 1 aliphatic carbocycles. The molecule has 0 fully saturated rings. The van der Waals surface area contributed by atoms with E-state index in [1.165, 1.54) is 49.6 Å². The van der Waals surface area contributed by atoms with E-state index in [9.17, 15) is 28.1 Å². The molecule has 4 rings (SSSR count). The van der Waals surface area contributed by atoms with Gasteiger partial charge in [-0.05, 0) is 75.4 Å². The largest absolute Gasteiger partial charge is 0.497 e. The molecule has 1 amide bonds. The fraction of sp³-hybridized carbons (Fsp3) is 0.333. The highest BCUT2D eigenvalue weighted by Crippen LogP contribution is 2.39. The van der Waals surface area contributed by atoms with Gasteiger partial charge in [-0.25, -0.2) is 13.2 Å². The van der Waals surface area contributed by atoms with Gasteiger partial charge in [-0.1, -0.05) is 6.07 Å². The third-order valence-electron chi connectivity index (χ3n) is 6.52. The molecule has 0 unspecified atom stereocenters. The van der Waals surface area contributed by atoms with Crippen LogP contribution >= 0.6 is 11.3 Å².